The van der Waals surface area contributed by atoms with Gasteiger partial charge in [-0.1, -0.05) is 108 Å². The van der Waals surface area contributed by atoms with Crippen LogP contribution >= 0.6 is 0 Å². The van der Waals surface area contributed by atoms with Gasteiger partial charge in [0.1, 0.15) is 17.0 Å². The molecule has 6 heteroatoms. The van der Waals surface area contributed by atoms with Crippen LogP contribution in [0.15, 0.2) is 89.2 Å². The van der Waals surface area contributed by atoms with Crippen LogP contribution in [0.1, 0.15) is 79.9 Å². The molecule has 5 nitrogen and oxygen atoms in total. The van der Waals surface area contributed by atoms with Crippen molar-refractivity contribution in [3.63, 3.8) is 0 Å². The van der Waals surface area contributed by atoms with E-state index in [0.29, 0.717) is 0 Å². The van der Waals surface area contributed by atoms with Gasteiger partial charge in [-0.3, -0.25) is 4.79 Å². The number of carbonyl (C=O) groups is 1. The molecule has 0 spiro atoms. The zero-order valence-electron chi connectivity index (χ0n) is 29.7. The summed E-state index contributed by atoms with van der Waals surface area (Å²) in [6.07, 6.45) is 7.64. The third-order valence-electron chi connectivity index (χ3n) is 9.71. The van der Waals surface area contributed by atoms with Crippen molar-refractivity contribution in [3.8, 4) is 11.1 Å². The van der Waals surface area contributed by atoms with Gasteiger partial charge in [0.25, 0.3) is 0 Å². The van der Waals surface area contributed by atoms with Crippen LogP contribution in [0.25, 0.3) is 60.3 Å². The van der Waals surface area contributed by atoms with Gasteiger partial charge in [0.05, 0.1) is 11.1 Å². The zero-order chi connectivity index (χ0) is 34.2. The smallest absolute Gasteiger partial charge is 0.162 e. The number of pyridine rings is 2. The summed E-state index contributed by atoms with van der Waals surface area (Å²) in [4.78, 5) is 16.6. The van der Waals surface area contributed by atoms with Crippen LogP contribution in [0.3, 0.4) is 0 Å². The molecule has 49 heavy (non-hydrogen) atoms. The van der Waals surface area contributed by atoms with Crippen LogP contribution in [-0.2, 0) is 31.3 Å². The molecule has 7 aromatic rings. The zero-order valence-corrected chi connectivity index (χ0v) is 32.1. The molecule has 7 rings (SSSR count). The van der Waals surface area contributed by atoms with E-state index in [2.05, 4.69) is 91.9 Å². The fraction of sp³-hybridized carbons (Fsp3) is 0.349. The van der Waals surface area contributed by atoms with E-state index >= 15 is 0 Å². The van der Waals surface area contributed by atoms with Crippen molar-refractivity contribution in [2.24, 2.45) is 17.3 Å². The van der Waals surface area contributed by atoms with Crippen molar-refractivity contribution in [3.05, 3.63) is 96.6 Å². The van der Waals surface area contributed by atoms with Gasteiger partial charge >= 0.3 is 0 Å². The monoisotopic (exact) mass is 832 g/mol. The molecular formula is C43H47IrN2O3-. The number of nitrogens with zero attached hydrogens (tertiary/aromatic N) is 2. The van der Waals surface area contributed by atoms with E-state index in [1.54, 1.807) is 0 Å². The normalized spacial score (nSPS) is 12.5. The number of aromatic nitrogens is 2. The molecular weight excluding hydrogens is 785 g/mol. The number of aliphatic hydroxyl groups is 1. The summed E-state index contributed by atoms with van der Waals surface area (Å²) < 4.78 is 8.72. The maximum Gasteiger partial charge on any atom is 0.162 e. The van der Waals surface area contributed by atoms with E-state index in [-0.39, 0.29) is 48.9 Å². The predicted molar refractivity (Wildman–Crippen MR) is 200 cm³/mol. The standard InChI is InChI=1S/C30H23N2O.C13H24O2.Ir/c1-30(2,3)17-25-26-21-11-7-10-20-22-16-19(18-8-5-4-6-9-18)12-13-23(22)32(28(20)21)29-27(26)24(33-25)14-15-31-29;1-5-10(6-2)12(14)9-13(15)11(7-3)8-4;/h4-12,14-16H,17H2,1-3H3;9-11,14H,5-8H2,1-4H3;/q-1;;/b;12-9-;. The summed E-state index contributed by atoms with van der Waals surface area (Å²) in [6, 6.07) is 27.1. The molecule has 0 atom stereocenters. The second-order valence-electron chi connectivity index (χ2n) is 14.2. The first kappa shape index (κ1) is 36.3. The number of carbonyl (C=O) groups excluding carboxylic acids is 1. The maximum atomic E-state index is 11.7. The minimum Gasteiger partial charge on any atom is -0.512 e. The van der Waals surface area contributed by atoms with Crippen molar-refractivity contribution >= 4 is 55.0 Å². The van der Waals surface area contributed by atoms with Crippen LogP contribution in [0.5, 0.6) is 0 Å². The van der Waals surface area contributed by atoms with E-state index in [9.17, 15) is 9.90 Å². The molecule has 4 heterocycles. The number of rotatable bonds is 9. The number of para-hydroxylation sites is 1. The average Bonchev–Trinajstić information content (AvgIpc) is 3.61. The second-order valence-corrected chi connectivity index (χ2v) is 14.2. The molecule has 0 bridgehead atoms. The topological polar surface area (TPSA) is 67.7 Å². The van der Waals surface area contributed by atoms with Crippen molar-refractivity contribution in [1.29, 1.82) is 0 Å². The quantitative estimate of drug-likeness (QED) is 0.0681. The number of aliphatic hydroxyl groups excluding tert-OH is 1. The van der Waals surface area contributed by atoms with Crippen molar-refractivity contribution in [2.45, 2.75) is 80.6 Å². The van der Waals surface area contributed by atoms with Gasteiger partial charge in [-0.2, -0.15) is 18.2 Å². The Morgan fingerprint density at radius 1 is 0.878 bits per heavy atom. The SMILES string of the molecule is CC(C)(C)Cc1oc2ccnc3c2c1c1cccc2c4cc(-c5ccccc5)c[c-]c4n3c21.CCC(CC)C(=O)/C=C(\O)C(CC)CC.[Ir]. The predicted octanol–water partition coefficient (Wildman–Crippen LogP) is 11.9. The summed E-state index contributed by atoms with van der Waals surface area (Å²) in [6.45, 7) is 14.8. The Labute approximate surface area is 303 Å². The van der Waals surface area contributed by atoms with Crippen LogP contribution in [-0.4, -0.2) is 20.3 Å². The summed E-state index contributed by atoms with van der Waals surface area (Å²) in [5.41, 5.74) is 6.58. The van der Waals surface area contributed by atoms with Gasteiger partial charge in [-0.05, 0) is 42.6 Å². The van der Waals surface area contributed by atoms with Crippen LogP contribution < -0.4 is 0 Å². The Morgan fingerprint density at radius 3 is 2.20 bits per heavy atom. The number of furan rings is 1. The van der Waals surface area contributed by atoms with Gasteiger partial charge < -0.3 is 13.9 Å². The maximum absolute atomic E-state index is 11.7. The Bertz CT molecular complexity index is 2230. The number of benzene rings is 3. The Kier molecular flexibility index (Phi) is 11.0. The Hall–Kier alpha value is -3.99. The molecule has 4 aromatic heterocycles. The summed E-state index contributed by atoms with van der Waals surface area (Å²) in [7, 11) is 0. The molecule has 0 fully saturated rings. The molecule has 0 saturated carbocycles. The molecule has 1 radical (unpaired) electrons. The fourth-order valence-corrected chi connectivity index (χ4v) is 7.12. The molecule has 0 unspecified atom stereocenters. The third-order valence-corrected chi connectivity index (χ3v) is 9.71. The summed E-state index contributed by atoms with van der Waals surface area (Å²) in [5, 5.41) is 15.7. The largest absolute Gasteiger partial charge is 0.512 e. The summed E-state index contributed by atoms with van der Waals surface area (Å²) >= 11 is 0. The van der Waals surface area contributed by atoms with Gasteiger partial charge in [-0.15, -0.1) is 10.9 Å². The van der Waals surface area contributed by atoms with E-state index in [4.69, 9.17) is 9.40 Å². The van der Waals surface area contributed by atoms with Crippen LogP contribution in [0, 0.1) is 23.3 Å². The van der Waals surface area contributed by atoms with Crippen molar-refractivity contribution in [1.82, 2.24) is 9.38 Å². The molecule has 0 aliphatic heterocycles. The number of fused-ring (bicyclic) bond motifs is 5. The summed E-state index contributed by atoms with van der Waals surface area (Å²) in [5.74, 6) is 1.59. The van der Waals surface area contributed by atoms with Crippen LogP contribution in [0.2, 0.25) is 0 Å². The molecule has 3 aromatic carbocycles. The average molecular weight is 832 g/mol. The minimum atomic E-state index is 0. The second kappa shape index (κ2) is 14.9. The van der Waals surface area contributed by atoms with Crippen LogP contribution in [0.4, 0.5) is 0 Å². The van der Waals surface area contributed by atoms with Gasteiger partial charge in [-0.25, -0.2) is 4.98 Å². The third kappa shape index (κ3) is 6.91. The first-order valence-corrected chi connectivity index (χ1v) is 17.5. The number of allylic oxidation sites excluding steroid dienone is 2. The fourth-order valence-electron chi connectivity index (χ4n) is 7.12. The van der Waals surface area contributed by atoms with E-state index in [0.717, 1.165) is 60.0 Å². The molecule has 257 valence electrons. The molecule has 0 aliphatic rings. The van der Waals surface area contributed by atoms with E-state index in [1.165, 1.54) is 44.3 Å². The molecule has 0 aliphatic carbocycles. The minimum absolute atomic E-state index is 0. The molecule has 0 saturated heterocycles. The number of hydrogen-bond acceptors (Lipinski definition) is 4. The van der Waals surface area contributed by atoms with Crippen molar-refractivity contribution < 1.29 is 34.4 Å². The first-order valence-electron chi connectivity index (χ1n) is 17.5. The van der Waals surface area contributed by atoms with E-state index < -0.39 is 0 Å². The molecule has 0 amide bonds. The number of hydrogen-bond donors (Lipinski definition) is 1. The Balaban J connectivity index is 0.000000252. The van der Waals surface area contributed by atoms with E-state index in [1.807, 2.05) is 40.0 Å². The van der Waals surface area contributed by atoms with Gasteiger partial charge in [0.15, 0.2) is 5.78 Å². The van der Waals surface area contributed by atoms with Gasteiger partial charge in [0.2, 0.25) is 0 Å². The number of ketones is 1. The molecule has 1 N–H and O–H groups in total. The first-order chi connectivity index (χ1) is 23.1. The van der Waals surface area contributed by atoms with Crippen molar-refractivity contribution in [2.75, 3.05) is 0 Å². The van der Waals surface area contributed by atoms with Gasteiger partial charge in [0, 0.05) is 66.9 Å². The Morgan fingerprint density at radius 2 is 1.55 bits per heavy atom.